The van der Waals surface area contributed by atoms with Gasteiger partial charge in [0.1, 0.15) is 0 Å². The summed E-state index contributed by atoms with van der Waals surface area (Å²) in [5.74, 6) is 0. The molecule has 14 heavy (non-hydrogen) atoms. The summed E-state index contributed by atoms with van der Waals surface area (Å²) in [6.45, 7) is 4.12. The van der Waals surface area contributed by atoms with Crippen LogP contribution in [0.2, 0.25) is 0 Å². The molecule has 6 heteroatoms. The fourth-order valence-corrected chi connectivity index (χ4v) is 6.22. The molecule has 0 saturated heterocycles. The zero-order valence-electron chi connectivity index (χ0n) is 8.36. The Bertz CT molecular complexity index is 280. The molecule has 0 aromatic rings. The average Bonchev–Trinajstić information content (AvgIpc) is 2.00. The van der Waals surface area contributed by atoms with Crippen LogP contribution in [-0.4, -0.2) is 17.5 Å². The van der Waals surface area contributed by atoms with Crippen LogP contribution in [0.15, 0.2) is 0 Å². The van der Waals surface area contributed by atoms with Gasteiger partial charge in [-0.15, -0.1) is 0 Å². The molecule has 0 amide bonds. The van der Waals surface area contributed by atoms with Crippen LogP contribution in [0.4, 0.5) is 0 Å². The first kappa shape index (κ1) is 13.6. The molecule has 0 atom stereocenters. The zero-order valence-corrected chi connectivity index (χ0v) is 10.9. The molecule has 0 spiro atoms. The van der Waals surface area contributed by atoms with Crippen molar-refractivity contribution in [2.75, 3.05) is 0 Å². The second-order valence-corrected chi connectivity index (χ2v) is 14.6. The standard InChI is InChI=1S/4C2H3O.ClH.Ru/c4*1-2-3;;/h4*1H3;1H;/q;;;;;+1/p-1. The maximum atomic E-state index is 11.4. The molecule has 0 aliphatic carbocycles. The first-order valence-electron chi connectivity index (χ1n) is 3.66. The Morgan fingerprint density at radius 3 is 0.857 bits per heavy atom. The number of halogens is 1. The Morgan fingerprint density at radius 2 is 0.857 bits per heavy atom. The van der Waals surface area contributed by atoms with Crippen LogP contribution in [0.25, 0.3) is 0 Å². The molecule has 0 rings (SSSR count). The summed E-state index contributed by atoms with van der Waals surface area (Å²) in [6, 6.07) is 0. The van der Waals surface area contributed by atoms with E-state index in [2.05, 4.69) is 0 Å². The molecule has 83 valence electrons. The van der Waals surface area contributed by atoms with Gasteiger partial charge in [0.2, 0.25) is 0 Å². The second-order valence-electron chi connectivity index (χ2n) is 2.61. The van der Waals surface area contributed by atoms with Crippen LogP contribution < -0.4 is 0 Å². The zero-order chi connectivity index (χ0) is 11.8. The predicted molar refractivity (Wildman–Crippen MR) is 48.6 cm³/mol. The van der Waals surface area contributed by atoms with E-state index in [1.54, 1.807) is 0 Å². The van der Waals surface area contributed by atoms with E-state index in [4.69, 9.17) is 9.69 Å². The maximum absolute atomic E-state index is 11.4. The molecule has 0 aromatic carbocycles. The molecule has 0 radical (unpaired) electrons. The van der Waals surface area contributed by atoms with Gasteiger partial charge in [0, 0.05) is 0 Å². The van der Waals surface area contributed by atoms with Crippen molar-refractivity contribution in [1.29, 1.82) is 0 Å². The summed E-state index contributed by atoms with van der Waals surface area (Å²) >= 11 is -5.26. The number of hydrogen-bond donors (Lipinski definition) is 0. The third-order valence-corrected chi connectivity index (χ3v) is 15.5. The van der Waals surface area contributed by atoms with Crippen LogP contribution in [0.3, 0.4) is 0 Å². The van der Waals surface area contributed by atoms with E-state index in [0.29, 0.717) is 0 Å². The van der Waals surface area contributed by atoms with E-state index in [-0.39, 0.29) is 0 Å². The van der Waals surface area contributed by atoms with Gasteiger partial charge < -0.3 is 0 Å². The Labute approximate surface area is 86.8 Å². The molecule has 4 nitrogen and oxygen atoms in total. The molecule has 0 aliphatic rings. The number of hydrogen-bond acceptors (Lipinski definition) is 4. The monoisotopic (exact) mass is 309 g/mol. The topological polar surface area (TPSA) is 68.3 Å². The van der Waals surface area contributed by atoms with Gasteiger partial charge in [-0.2, -0.15) is 0 Å². The van der Waals surface area contributed by atoms with Crippen molar-refractivity contribution >= 4 is 27.2 Å². The first-order valence-corrected chi connectivity index (χ1v) is 9.37. The van der Waals surface area contributed by atoms with Crippen molar-refractivity contribution in [3.8, 4) is 0 Å². The van der Waals surface area contributed by atoms with Crippen LogP contribution >= 0.6 is 9.69 Å². The minimum atomic E-state index is -5.26. The second kappa shape index (κ2) is 3.63. The van der Waals surface area contributed by atoms with Crippen molar-refractivity contribution in [2.45, 2.75) is 27.7 Å². The molecule has 0 aromatic heterocycles. The molecule has 0 N–H and O–H groups in total. The molecule has 0 fully saturated rings. The van der Waals surface area contributed by atoms with Gasteiger partial charge >= 0.3 is 86.7 Å². The van der Waals surface area contributed by atoms with Crippen molar-refractivity contribution in [3.05, 3.63) is 0 Å². The molecular formula is C8H12ClO4Ru. The van der Waals surface area contributed by atoms with Gasteiger partial charge in [-0.25, -0.2) is 0 Å². The van der Waals surface area contributed by atoms with Crippen molar-refractivity contribution in [3.63, 3.8) is 0 Å². The third-order valence-electron chi connectivity index (χ3n) is 1.87. The Hall–Kier alpha value is -0.407. The Balaban J connectivity index is 6.18. The van der Waals surface area contributed by atoms with Crippen molar-refractivity contribution < 1.29 is 31.8 Å². The summed E-state index contributed by atoms with van der Waals surface area (Å²) in [5, 5.41) is 0. The van der Waals surface area contributed by atoms with Crippen LogP contribution in [0.1, 0.15) is 27.7 Å². The fraction of sp³-hybridized carbons (Fsp3) is 0.500. The molecule has 0 heterocycles. The fourth-order valence-electron chi connectivity index (χ4n) is 1.05. The molecule has 0 bridgehead atoms. The molecule has 0 aliphatic heterocycles. The summed E-state index contributed by atoms with van der Waals surface area (Å²) in [7, 11) is 5.92. The third kappa shape index (κ3) is 1.30. The summed E-state index contributed by atoms with van der Waals surface area (Å²) in [4.78, 5) is 45.6. The van der Waals surface area contributed by atoms with E-state index < -0.39 is 30.1 Å². The number of carbonyl (C=O) groups is 4. The Kier molecular flexibility index (Phi) is 3.52. The van der Waals surface area contributed by atoms with Crippen LogP contribution in [-0.2, 0) is 31.8 Å². The van der Waals surface area contributed by atoms with Gasteiger partial charge in [-0.05, 0) is 0 Å². The van der Waals surface area contributed by atoms with Crippen molar-refractivity contribution in [2.24, 2.45) is 0 Å². The minimum absolute atomic E-state index is 0.781. The van der Waals surface area contributed by atoms with Crippen LogP contribution in [0.5, 0.6) is 0 Å². The summed E-state index contributed by atoms with van der Waals surface area (Å²) in [5.41, 5.74) is 0. The normalized spacial score (nSPS) is 13.9. The molecule has 0 unspecified atom stereocenters. The Morgan fingerprint density at radius 1 is 0.714 bits per heavy atom. The van der Waals surface area contributed by atoms with E-state index in [1.165, 1.54) is 0 Å². The van der Waals surface area contributed by atoms with Gasteiger partial charge in [0.15, 0.2) is 0 Å². The van der Waals surface area contributed by atoms with Gasteiger partial charge in [0.25, 0.3) is 0 Å². The SMILES string of the molecule is C[C](=O)[Ru]([Cl])([C](C)=O)([C](C)=O)[C](C)=O. The summed E-state index contributed by atoms with van der Waals surface area (Å²) < 4.78 is -3.13. The van der Waals surface area contributed by atoms with E-state index >= 15 is 0 Å². The predicted octanol–water partition coefficient (Wildman–Crippen LogP) is 1.02. The molecular weight excluding hydrogens is 297 g/mol. The van der Waals surface area contributed by atoms with Crippen LogP contribution in [0, 0.1) is 0 Å². The molecule has 0 saturated carbocycles. The van der Waals surface area contributed by atoms with E-state index in [0.717, 1.165) is 27.7 Å². The van der Waals surface area contributed by atoms with Gasteiger partial charge in [0.05, 0.1) is 0 Å². The van der Waals surface area contributed by atoms with Crippen molar-refractivity contribution in [1.82, 2.24) is 0 Å². The van der Waals surface area contributed by atoms with Gasteiger partial charge in [-0.3, -0.25) is 0 Å². The van der Waals surface area contributed by atoms with E-state index in [9.17, 15) is 19.2 Å². The number of rotatable bonds is 4. The quantitative estimate of drug-likeness (QED) is 0.727. The average molecular weight is 309 g/mol. The summed E-state index contributed by atoms with van der Waals surface area (Å²) in [6.07, 6.45) is 0. The van der Waals surface area contributed by atoms with Gasteiger partial charge in [-0.1, -0.05) is 0 Å². The first-order chi connectivity index (χ1) is 6.10. The van der Waals surface area contributed by atoms with E-state index in [1.807, 2.05) is 0 Å². The number of carbonyl (C=O) groups excluding carboxylic acids is 4.